The van der Waals surface area contributed by atoms with Crippen molar-refractivity contribution in [3.63, 3.8) is 0 Å². The van der Waals surface area contributed by atoms with E-state index in [0.717, 1.165) is 31.0 Å². The third-order valence-corrected chi connectivity index (χ3v) is 2.60. The summed E-state index contributed by atoms with van der Waals surface area (Å²) in [4.78, 5) is 0. The van der Waals surface area contributed by atoms with Crippen LogP contribution in [0.3, 0.4) is 0 Å². The summed E-state index contributed by atoms with van der Waals surface area (Å²) >= 11 is 5.81. The SMILES string of the molecule is Clc1ccc(CC2NCCCO2)cc1. The minimum absolute atomic E-state index is 0.171. The predicted molar refractivity (Wildman–Crippen MR) is 57.5 cm³/mol. The second kappa shape index (κ2) is 4.78. The highest BCUT2D eigenvalue weighted by atomic mass is 35.5. The summed E-state index contributed by atoms with van der Waals surface area (Å²) in [5, 5.41) is 4.11. The highest BCUT2D eigenvalue weighted by Gasteiger charge is 2.12. The molecule has 76 valence electrons. The number of rotatable bonds is 2. The van der Waals surface area contributed by atoms with Crippen molar-refractivity contribution in [1.82, 2.24) is 5.32 Å². The van der Waals surface area contributed by atoms with E-state index in [-0.39, 0.29) is 6.23 Å². The van der Waals surface area contributed by atoms with E-state index in [2.05, 4.69) is 5.32 Å². The molecule has 1 saturated heterocycles. The Hall–Kier alpha value is -0.570. The number of hydrogen-bond donors (Lipinski definition) is 1. The van der Waals surface area contributed by atoms with Gasteiger partial charge in [-0.15, -0.1) is 0 Å². The van der Waals surface area contributed by atoms with E-state index < -0.39 is 0 Å². The van der Waals surface area contributed by atoms with Gasteiger partial charge in [0.1, 0.15) is 6.23 Å². The van der Waals surface area contributed by atoms with Crippen LogP contribution in [0.25, 0.3) is 0 Å². The van der Waals surface area contributed by atoms with E-state index in [1.54, 1.807) is 0 Å². The van der Waals surface area contributed by atoms with Crippen LogP contribution in [0, 0.1) is 0 Å². The Bertz CT molecular complexity index is 280. The van der Waals surface area contributed by atoms with Crippen molar-refractivity contribution in [2.75, 3.05) is 13.2 Å². The number of ether oxygens (including phenoxy) is 1. The predicted octanol–water partition coefficient (Wildman–Crippen LogP) is 2.22. The van der Waals surface area contributed by atoms with Gasteiger partial charge in [0.15, 0.2) is 0 Å². The Balaban J connectivity index is 1.92. The van der Waals surface area contributed by atoms with Crippen LogP contribution in [-0.4, -0.2) is 19.4 Å². The maximum absolute atomic E-state index is 5.81. The first kappa shape index (κ1) is 9.97. The zero-order valence-corrected chi connectivity index (χ0v) is 8.76. The Morgan fingerprint density at radius 1 is 1.36 bits per heavy atom. The largest absolute Gasteiger partial charge is 0.363 e. The Kier molecular flexibility index (Phi) is 3.40. The average Bonchev–Trinajstić information content (AvgIpc) is 2.23. The molecular weight excluding hydrogens is 198 g/mol. The lowest BCUT2D eigenvalue weighted by Gasteiger charge is -2.24. The average molecular weight is 212 g/mol. The number of benzene rings is 1. The molecule has 2 nitrogen and oxygen atoms in total. The molecule has 14 heavy (non-hydrogen) atoms. The molecule has 0 aliphatic carbocycles. The number of hydrogen-bond acceptors (Lipinski definition) is 2. The highest BCUT2D eigenvalue weighted by Crippen LogP contribution is 2.12. The van der Waals surface area contributed by atoms with Crippen LogP contribution in [-0.2, 0) is 11.2 Å². The summed E-state index contributed by atoms with van der Waals surface area (Å²) in [6, 6.07) is 7.92. The molecule has 1 N–H and O–H groups in total. The van der Waals surface area contributed by atoms with Gasteiger partial charge in [0.05, 0.1) is 0 Å². The molecule has 0 saturated carbocycles. The first-order chi connectivity index (χ1) is 6.84. The summed E-state index contributed by atoms with van der Waals surface area (Å²) in [5.41, 5.74) is 1.26. The summed E-state index contributed by atoms with van der Waals surface area (Å²) in [6.07, 6.45) is 2.19. The lowest BCUT2D eigenvalue weighted by molar-refractivity contribution is 0.00195. The van der Waals surface area contributed by atoms with Crippen molar-refractivity contribution in [2.24, 2.45) is 0 Å². The summed E-state index contributed by atoms with van der Waals surface area (Å²) < 4.78 is 5.57. The van der Waals surface area contributed by atoms with Crippen LogP contribution in [0.15, 0.2) is 24.3 Å². The zero-order chi connectivity index (χ0) is 9.80. The Morgan fingerprint density at radius 3 is 2.79 bits per heavy atom. The smallest absolute Gasteiger partial charge is 0.112 e. The summed E-state index contributed by atoms with van der Waals surface area (Å²) in [6.45, 7) is 1.92. The number of nitrogens with one attached hydrogen (secondary N) is 1. The van der Waals surface area contributed by atoms with Gasteiger partial charge in [0.2, 0.25) is 0 Å². The Morgan fingerprint density at radius 2 is 2.14 bits per heavy atom. The van der Waals surface area contributed by atoms with Gasteiger partial charge in [-0.25, -0.2) is 0 Å². The maximum Gasteiger partial charge on any atom is 0.112 e. The van der Waals surface area contributed by atoms with Gasteiger partial charge in [-0.1, -0.05) is 23.7 Å². The van der Waals surface area contributed by atoms with Crippen molar-refractivity contribution in [1.29, 1.82) is 0 Å². The first-order valence-corrected chi connectivity index (χ1v) is 5.32. The highest BCUT2D eigenvalue weighted by molar-refractivity contribution is 6.30. The molecule has 0 aromatic heterocycles. The van der Waals surface area contributed by atoms with Crippen LogP contribution in [0.5, 0.6) is 0 Å². The third-order valence-electron chi connectivity index (χ3n) is 2.35. The molecule has 1 aromatic carbocycles. The van der Waals surface area contributed by atoms with E-state index in [9.17, 15) is 0 Å². The van der Waals surface area contributed by atoms with Crippen molar-refractivity contribution in [3.05, 3.63) is 34.9 Å². The molecule has 1 aromatic rings. The molecule has 1 heterocycles. The molecule has 0 bridgehead atoms. The molecule has 0 radical (unpaired) electrons. The minimum Gasteiger partial charge on any atom is -0.363 e. The van der Waals surface area contributed by atoms with Gasteiger partial charge in [-0.3, -0.25) is 5.32 Å². The lowest BCUT2D eigenvalue weighted by Crippen LogP contribution is -2.39. The van der Waals surface area contributed by atoms with Crippen LogP contribution >= 0.6 is 11.6 Å². The second-order valence-electron chi connectivity index (χ2n) is 3.50. The van der Waals surface area contributed by atoms with E-state index in [1.807, 2.05) is 24.3 Å². The summed E-state index contributed by atoms with van der Waals surface area (Å²) in [7, 11) is 0. The zero-order valence-electron chi connectivity index (χ0n) is 8.00. The van der Waals surface area contributed by atoms with Gasteiger partial charge >= 0.3 is 0 Å². The fourth-order valence-corrected chi connectivity index (χ4v) is 1.71. The van der Waals surface area contributed by atoms with E-state index in [1.165, 1.54) is 5.56 Å². The second-order valence-corrected chi connectivity index (χ2v) is 3.93. The van der Waals surface area contributed by atoms with Gasteiger partial charge in [-0.2, -0.15) is 0 Å². The lowest BCUT2D eigenvalue weighted by atomic mass is 10.1. The van der Waals surface area contributed by atoms with Gasteiger partial charge in [-0.05, 0) is 30.7 Å². The van der Waals surface area contributed by atoms with Crippen LogP contribution in [0.4, 0.5) is 0 Å². The third kappa shape index (κ3) is 2.71. The fourth-order valence-electron chi connectivity index (χ4n) is 1.59. The normalized spacial score (nSPS) is 22.2. The van der Waals surface area contributed by atoms with Crippen LogP contribution < -0.4 is 5.32 Å². The standard InChI is InChI=1S/C11H14ClNO/c12-10-4-2-9(3-5-10)8-11-13-6-1-7-14-11/h2-5,11,13H,1,6-8H2. The molecule has 2 rings (SSSR count). The molecular formula is C11H14ClNO. The molecule has 0 amide bonds. The van der Waals surface area contributed by atoms with E-state index in [4.69, 9.17) is 16.3 Å². The summed E-state index contributed by atoms with van der Waals surface area (Å²) in [5.74, 6) is 0. The van der Waals surface area contributed by atoms with Crippen LogP contribution in [0.1, 0.15) is 12.0 Å². The van der Waals surface area contributed by atoms with Crippen molar-refractivity contribution in [2.45, 2.75) is 19.1 Å². The molecule has 1 unspecified atom stereocenters. The molecule has 1 aliphatic heterocycles. The maximum atomic E-state index is 5.81. The molecule has 1 atom stereocenters. The van der Waals surface area contributed by atoms with Crippen LogP contribution in [0.2, 0.25) is 5.02 Å². The number of halogens is 1. The van der Waals surface area contributed by atoms with E-state index in [0.29, 0.717) is 0 Å². The fraction of sp³-hybridized carbons (Fsp3) is 0.455. The van der Waals surface area contributed by atoms with Crippen molar-refractivity contribution >= 4 is 11.6 Å². The minimum atomic E-state index is 0.171. The van der Waals surface area contributed by atoms with E-state index >= 15 is 0 Å². The van der Waals surface area contributed by atoms with Gasteiger partial charge < -0.3 is 4.74 Å². The monoisotopic (exact) mass is 211 g/mol. The van der Waals surface area contributed by atoms with Gasteiger partial charge in [0, 0.05) is 18.1 Å². The molecule has 1 aliphatic rings. The topological polar surface area (TPSA) is 21.3 Å². The van der Waals surface area contributed by atoms with Crippen molar-refractivity contribution < 1.29 is 4.74 Å². The van der Waals surface area contributed by atoms with Crippen molar-refractivity contribution in [3.8, 4) is 0 Å². The first-order valence-electron chi connectivity index (χ1n) is 4.94. The molecule has 3 heteroatoms. The van der Waals surface area contributed by atoms with Gasteiger partial charge in [0.25, 0.3) is 0 Å². The molecule has 0 spiro atoms. The molecule has 1 fully saturated rings. The quantitative estimate of drug-likeness (QED) is 0.810. The Labute approximate surface area is 89.2 Å².